The molecule has 7 aromatic carbocycles. The van der Waals surface area contributed by atoms with Gasteiger partial charge in [-0.15, -0.1) is 0 Å². The van der Waals surface area contributed by atoms with E-state index >= 15 is 0 Å². The summed E-state index contributed by atoms with van der Waals surface area (Å²) in [4.78, 5) is 2.34. The van der Waals surface area contributed by atoms with Gasteiger partial charge in [0, 0.05) is 16.5 Å². The summed E-state index contributed by atoms with van der Waals surface area (Å²) in [6.07, 6.45) is 0. The van der Waals surface area contributed by atoms with Crippen molar-refractivity contribution in [2.45, 2.75) is 58.5 Å². The molecule has 0 fully saturated rings. The highest BCUT2D eigenvalue weighted by Gasteiger charge is 2.36. The van der Waals surface area contributed by atoms with Crippen molar-refractivity contribution < 1.29 is 0 Å². The Bertz CT molecular complexity index is 3430. The van der Waals surface area contributed by atoms with Crippen LogP contribution < -0.4 is 37.0 Å². The quantitative estimate of drug-likeness (QED) is 0.154. The third kappa shape index (κ3) is 6.10. The van der Waals surface area contributed by atoms with Gasteiger partial charge in [-0.3, -0.25) is 27.9 Å². The summed E-state index contributed by atoms with van der Waals surface area (Å²) in [5.41, 5.74) is 15.2. The Kier molecular flexibility index (Phi) is 8.14. The van der Waals surface area contributed by atoms with Crippen LogP contribution in [0.4, 0.5) is 17.1 Å². The Morgan fingerprint density at radius 3 is 1.49 bits per heavy atom. The van der Waals surface area contributed by atoms with Crippen molar-refractivity contribution in [1.29, 1.82) is 0 Å². The molecule has 0 aromatic heterocycles. The largest absolute Gasteiger partial charge is 0.304 e. The summed E-state index contributed by atoms with van der Waals surface area (Å²) in [5, 5.41) is 5.59. The number of hydrogen-bond acceptors (Lipinski definition) is 7. The molecule has 0 spiro atoms. The van der Waals surface area contributed by atoms with E-state index in [-0.39, 0.29) is 5.41 Å². The first-order chi connectivity index (χ1) is 29.2. The van der Waals surface area contributed by atoms with E-state index in [0.29, 0.717) is 0 Å². The smallest absolute Gasteiger partial charge is 0.298 e. The van der Waals surface area contributed by atoms with Crippen LogP contribution in [-0.4, -0.2) is 25.2 Å². The van der Waals surface area contributed by atoms with Crippen molar-refractivity contribution in [2.75, 3.05) is 4.90 Å². The number of fused-ring (bicyclic) bond motifs is 6. The molecule has 0 bridgehead atoms. The molecule has 0 saturated carbocycles. The third-order valence-electron chi connectivity index (χ3n) is 12.5. The fourth-order valence-electron chi connectivity index (χ4n) is 9.79. The first kappa shape index (κ1) is 37.8. The molecule has 0 amide bonds. The minimum Gasteiger partial charge on any atom is -0.304 e. The predicted molar refractivity (Wildman–Crippen MR) is 254 cm³/mol. The molecule has 7 nitrogen and oxygen atoms in total. The molecule has 0 unspecified atom stereocenters. The average Bonchev–Trinajstić information content (AvgIpc) is 3.93. The Morgan fingerprint density at radius 1 is 0.361 bits per heavy atom. The molecule has 10 heteroatoms. The normalized spacial score (nSPS) is 17.2. The predicted octanol–water partition coefficient (Wildman–Crippen LogP) is 9.33. The lowest BCUT2D eigenvalue weighted by Crippen LogP contribution is -2.38. The van der Waals surface area contributed by atoms with Crippen LogP contribution >= 0.6 is 0 Å². The minimum absolute atomic E-state index is 0.0500. The van der Waals surface area contributed by atoms with Gasteiger partial charge in [-0.25, -0.2) is 0 Å². The zero-order chi connectivity index (χ0) is 42.1. The molecule has 0 atom stereocenters. The summed E-state index contributed by atoms with van der Waals surface area (Å²) in [7, 11) is -6.94. The minimum atomic E-state index is -2.39. The summed E-state index contributed by atoms with van der Waals surface area (Å²) in [5.74, 6) is 0. The first-order valence-electron chi connectivity index (χ1n) is 21.2. The zero-order valence-electron chi connectivity index (χ0n) is 35.9. The number of nitrogens with zero attached hydrogens (tertiary/aromatic N) is 7. The van der Waals surface area contributed by atoms with Crippen LogP contribution in [0.15, 0.2) is 167 Å². The molecule has 61 heavy (non-hydrogen) atoms. The maximum atomic E-state index is 5.52. The van der Waals surface area contributed by atoms with Gasteiger partial charge in [0.1, 0.15) is 0 Å². The second-order valence-electron chi connectivity index (χ2n) is 18.7. The van der Waals surface area contributed by atoms with Gasteiger partial charge in [0.25, 0.3) is 25.2 Å². The molecule has 3 aliphatic heterocycles. The van der Waals surface area contributed by atoms with Gasteiger partial charge in [0.05, 0.1) is 49.2 Å². The van der Waals surface area contributed by atoms with Crippen molar-refractivity contribution in [3.8, 4) is 44.5 Å². The fraction of sp³-hybridized carbons (Fsp3) is 0.176. The van der Waals surface area contributed by atoms with Crippen LogP contribution in [0, 0.1) is 0 Å². The van der Waals surface area contributed by atoms with Crippen molar-refractivity contribution in [3.05, 3.63) is 183 Å². The van der Waals surface area contributed by atoms with Crippen molar-refractivity contribution in [2.24, 2.45) is 27.9 Å². The van der Waals surface area contributed by atoms with Crippen molar-refractivity contribution >= 4 is 42.3 Å². The molecule has 0 N–H and O–H groups in total. The van der Waals surface area contributed by atoms with E-state index in [2.05, 4.69) is 198 Å². The molecule has 3 heterocycles. The van der Waals surface area contributed by atoms with Crippen LogP contribution in [0.3, 0.4) is 0 Å². The van der Waals surface area contributed by atoms with E-state index in [1.165, 1.54) is 33.4 Å². The Labute approximate surface area is 359 Å². The van der Waals surface area contributed by atoms with Gasteiger partial charge >= 0.3 is 0 Å². The zero-order valence-corrected chi connectivity index (χ0v) is 38.9. The third-order valence-corrected chi connectivity index (χ3v) is 17.1. The van der Waals surface area contributed by atoms with Crippen LogP contribution in [0.5, 0.6) is 0 Å². The fourth-order valence-corrected chi connectivity index (χ4v) is 14.6. The summed E-state index contributed by atoms with van der Waals surface area (Å²) >= 11 is 0. The van der Waals surface area contributed by atoms with Crippen LogP contribution in [0.2, 0.25) is 39.3 Å². The number of benzene rings is 7. The van der Waals surface area contributed by atoms with Gasteiger partial charge in [-0.05, 0) is 114 Å². The number of hydrogen-bond donors (Lipinski definition) is 0. The van der Waals surface area contributed by atoms with E-state index < -0.39 is 25.2 Å². The topological polar surface area (TPSA) is 77.4 Å². The van der Waals surface area contributed by atoms with E-state index in [9.17, 15) is 0 Å². The standard InChI is InChI=1S/C51H47N7Si3/c1-51(2)40-18-13-12-17-38(40)39-26-25-35(31-41(39)51)32-21-23-34(24-22-32)37-28-30-45(50-47(37)54-61(7,8)57-50)58(43-20-14-19-42-48(43)55-59(3,4)52-42)44-29-27-36(33-15-10-9-11-16-33)46-49(44)56-60(5,6)53-46/h9-31H,1-8H3. The highest BCUT2D eigenvalue weighted by atomic mass is 28.4. The Morgan fingerprint density at radius 2 is 0.836 bits per heavy atom. The van der Waals surface area contributed by atoms with Gasteiger partial charge < -0.3 is 4.90 Å². The molecule has 4 aliphatic rings. The van der Waals surface area contributed by atoms with Gasteiger partial charge in [-0.2, -0.15) is 0 Å². The number of rotatable bonds is 6. The van der Waals surface area contributed by atoms with E-state index in [0.717, 1.165) is 71.5 Å². The lowest BCUT2D eigenvalue weighted by molar-refractivity contribution is 0.660. The molecular weight excluding hydrogens is 795 g/mol. The van der Waals surface area contributed by atoms with Gasteiger partial charge in [0.2, 0.25) is 0 Å². The Balaban J connectivity index is 1.08. The SMILES string of the molecule is CC1(C)c2ccccc2-c2ccc(-c3ccc(-c4ccc(N(c5cccc6c5=N[Si](C)(C)N=6)c5ccc(-c6ccccc6)c6c5=N[Si](C)(C)N=6)c5c4=N[Si](C)(C)N=5)cc3)cc21. The van der Waals surface area contributed by atoms with Gasteiger partial charge in [0.15, 0.2) is 0 Å². The molecule has 298 valence electrons. The molecule has 11 rings (SSSR count). The average molecular weight is 842 g/mol. The number of anilines is 3. The molecule has 0 saturated heterocycles. The molecule has 0 radical (unpaired) electrons. The summed E-state index contributed by atoms with van der Waals surface area (Å²) in [6, 6.07) is 50.6. The highest BCUT2D eigenvalue weighted by Crippen LogP contribution is 2.49. The lowest BCUT2D eigenvalue weighted by Gasteiger charge is -2.26. The van der Waals surface area contributed by atoms with Crippen LogP contribution in [-0.2, 0) is 5.41 Å². The van der Waals surface area contributed by atoms with Crippen molar-refractivity contribution in [1.82, 2.24) is 0 Å². The van der Waals surface area contributed by atoms with Crippen LogP contribution in [0.1, 0.15) is 25.0 Å². The molecular formula is C51H47N7Si3. The van der Waals surface area contributed by atoms with E-state index in [1.54, 1.807) is 0 Å². The first-order valence-corrected chi connectivity index (χ1v) is 29.9. The second-order valence-corrected chi connectivity index (χ2v) is 29.0. The van der Waals surface area contributed by atoms with E-state index in [4.69, 9.17) is 27.9 Å². The highest BCUT2D eigenvalue weighted by molar-refractivity contribution is 6.75. The summed E-state index contributed by atoms with van der Waals surface area (Å²) < 4.78 is 32.3. The lowest BCUT2D eigenvalue weighted by atomic mass is 9.81. The van der Waals surface area contributed by atoms with Gasteiger partial charge in [-0.1, -0.05) is 123 Å². The summed E-state index contributed by atoms with van der Waals surface area (Å²) in [6.45, 7) is 17.9. The van der Waals surface area contributed by atoms with Crippen molar-refractivity contribution in [3.63, 3.8) is 0 Å². The monoisotopic (exact) mass is 841 g/mol. The van der Waals surface area contributed by atoms with E-state index in [1.807, 2.05) is 0 Å². The maximum absolute atomic E-state index is 5.52. The second kappa shape index (κ2) is 13.1. The maximum Gasteiger partial charge on any atom is 0.298 e. The van der Waals surface area contributed by atoms with Crippen LogP contribution in [0.25, 0.3) is 44.5 Å². The molecule has 1 aliphatic carbocycles. The Hall–Kier alpha value is -6.21. The molecule has 7 aromatic rings.